The fourth-order valence-corrected chi connectivity index (χ4v) is 2.99. The number of amides is 1. The van der Waals surface area contributed by atoms with Gasteiger partial charge < -0.3 is 24.9 Å². The van der Waals surface area contributed by atoms with Crippen LogP contribution in [0.4, 0.5) is 5.69 Å². The van der Waals surface area contributed by atoms with Crippen LogP contribution in [-0.4, -0.2) is 45.1 Å². The third-order valence-corrected chi connectivity index (χ3v) is 4.43. The van der Waals surface area contributed by atoms with E-state index in [0.717, 1.165) is 10.9 Å². The number of carbonyl (C=O) groups is 1. The second-order valence-electron chi connectivity index (χ2n) is 6.75. The lowest BCUT2D eigenvalue weighted by molar-refractivity contribution is -0.116. The molecule has 0 aliphatic heterocycles. The molecule has 4 rings (SSSR count). The molecule has 3 N–H and O–H groups in total. The van der Waals surface area contributed by atoms with E-state index in [4.69, 9.17) is 9.47 Å². The average Bonchev–Trinajstić information content (AvgIpc) is 3.43. The fraction of sp³-hybridized carbons (Fsp3) is 0.182. The number of fused-ring (bicyclic) bond motifs is 1. The number of rotatable bonds is 9. The van der Waals surface area contributed by atoms with E-state index in [1.807, 2.05) is 30.5 Å². The van der Waals surface area contributed by atoms with Gasteiger partial charge in [0.05, 0.1) is 0 Å². The quantitative estimate of drug-likeness (QED) is 0.397. The van der Waals surface area contributed by atoms with E-state index in [9.17, 15) is 9.90 Å². The van der Waals surface area contributed by atoms with Gasteiger partial charge in [0, 0.05) is 35.2 Å². The van der Waals surface area contributed by atoms with Gasteiger partial charge in [0.15, 0.2) is 0 Å². The number of carbonyl (C=O) groups excluding carboxylic acids is 1. The highest BCUT2D eigenvalue weighted by Crippen LogP contribution is 2.24. The van der Waals surface area contributed by atoms with Gasteiger partial charge in [-0.3, -0.25) is 9.48 Å². The number of benzene rings is 2. The monoisotopic (exact) mass is 406 g/mol. The Hall–Kier alpha value is -3.78. The molecular formula is C22H22N4O4. The molecule has 2 aromatic carbocycles. The Morgan fingerprint density at radius 3 is 2.73 bits per heavy atom. The number of hydrogen-bond donors (Lipinski definition) is 3. The van der Waals surface area contributed by atoms with Crippen LogP contribution in [0.2, 0.25) is 0 Å². The van der Waals surface area contributed by atoms with Gasteiger partial charge in [-0.25, -0.2) is 0 Å². The summed E-state index contributed by atoms with van der Waals surface area (Å²) < 4.78 is 12.9. The van der Waals surface area contributed by atoms with Crippen molar-refractivity contribution in [3.05, 3.63) is 73.2 Å². The van der Waals surface area contributed by atoms with Gasteiger partial charge in [0.1, 0.15) is 37.4 Å². The number of ether oxygens (including phenoxy) is 2. The molecule has 0 saturated heterocycles. The van der Waals surface area contributed by atoms with Gasteiger partial charge in [0.25, 0.3) is 0 Å². The minimum Gasteiger partial charge on any atom is -0.491 e. The van der Waals surface area contributed by atoms with Crippen LogP contribution in [0.25, 0.3) is 10.9 Å². The molecule has 8 nitrogen and oxygen atoms in total. The lowest BCUT2D eigenvalue weighted by atomic mass is 10.2. The fourth-order valence-electron chi connectivity index (χ4n) is 2.99. The first kappa shape index (κ1) is 19.5. The summed E-state index contributed by atoms with van der Waals surface area (Å²) in [4.78, 5) is 15.1. The maximum absolute atomic E-state index is 12.0. The molecule has 1 atom stereocenters. The minimum absolute atomic E-state index is 0.0914. The first-order valence-electron chi connectivity index (χ1n) is 9.54. The Morgan fingerprint density at radius 2 is 1.93 bits per heavy atom. The molecule has 30 heavy (non-hydrogen) atoms. The van der Waals surface area contributed by atoms with Gasteiger partial charge in [0.2, 0.25) is 5.91 Å². The molecule has 0 bridgehead atoms. The second kappa shape index (κ2) is 9.15. The predicted molar refractivity (Wildman–Crippen MR) is 113 cm³/mol. The summed E-state index contributed by atoms with van der Waals surface area (Å²) in [6, 6.07) is 16.4. The number of aliphatic hydroxyl groups excluding tert-OH is 1. The zero-order valence-corrected chi connectivity index (χ0v) is 16.2. The summed E-state index contributed by atoms with van der Waals surface area (Å²) in [5.41, 5.74) is 1.64. The number of aromatic amines is 1. The molecule has 154 valence electrons. The third-order valence-electron chi connectivity index (χ3n) is 4.43. The van der Waals surface area contributed by atoms with Crippen LogP contribution in [0.5, 0.6) is 11.5 Å². The molecule has 1 unspecified atom stereocenters. The first-order chi connectivity index (χ1) is 14.7. The van der Waals surface area contributed by atoms with Gasteiger partial charge >= 0.3 is 0 Å². The molecule has 0 aliphatic rings. The van der Waals surface area contributed by atoms with Crippen molar-refractivity contribution in [1.82, 2.24) is 14.8 Å². The molecule has 8 heteroatoms. The summed E-state index contributed by atoms with van der Waals surface area (Å²) in [6.07, 6.45) is 4.41. The lowest BCUT2D eigenvalue weighted by Crippen LogP contribution is -2.25. The van der Waals surface area contributed by atoms with Crippen LogP contribution >= 0.6 is 0 Å². The van der Waals surface area contributed by atoms with Crippen molar-refractivity contribution in [3.8, 4) is 11.5 Å². The maximum Gasteiger partial charge on any atom is 0.246 e. The van der Waals surface area contributed by atoms with E-state index in [2.05, 4.69) is 15.4 Å². The zero-order valence-electron chi connectivity index (χ0n) is 16.2. The third kappa shape index (κ3) is 4.98. The van der Waals surface area contributed by atoms with Crippen molar-refractivity contribution >= 4 is 22.5 Å². The van der Waals surface area contributed by atoms with Crippen molar-refractivity contribution in [3.63, 3.8) is 0 Å². The SMILES string of the molecule is O=C(Cn1cccn1)Nc1ccc(OCC(O)COc2cccc3[nH]ccc23)cc1. The number of nitrogens with zero attached hydrogens (tertiary/aromatic N) is 2. The molecule has 4 aromatic rings. The largest absolute Gasteiger partial charge is 0.491 e. The Labute approximate surface area is 173 Å². The predicted octanol–water partition coefficient (Wildman–Crippen LogP) is 2.82. The van der Waals surface area contributed by atoms with Crippen LogP contribution in [0.1, 0.15) is 0 Å². The van der Waals surface area contributed by atoms with Crippen LogP contribution < -0.4 is 14.8 Å². The molecule has 0 fully saturated rings. The summed E-state index contributed by atoms with van der Waals surface area (Å²) in [7, 11) is 0. The summed E-state index contributed by atoms with van der Waals surface area (Å²) >= 11 is 0. The van der Waals surface area contributed by atoms with Crippen molar-refractivity contribution in [2.75, 3.05) is 18.5 Å². The Bertz CT molecular complexity index is 1090. The van der Waals surface area contributed by atoms with Gasteiger partial charge in [-0.05, 0) is 48.5 Å². The highest BCUT2D eigenvalue weighted by Gasteiger charge is 2.09. The molecule has 2 heterocycles. The summed E-state index contributed by atoms with van der Waals surface area (Å²) in [5.74, 6) is 1.13. The number of H-pyrrole nitrogens is 1. The van der Waals surface area contributed by atoms with Gasteiger partial charge in [-0.1, -0.05) is 6.07 Å². The molecule has 0 aliphatic carbocycles. The van der Waals surface area contributed by atoms with Crippen LogP contribution in [0, 0.1) is 0 Å². The van der Waals surface area contributed by atoms with Crippen molar-refractivity contribution in [2.45, 2.75) is 12.6 Å². The molecule has 0 radical (unpaired) electrons. The zero-order chi connectivity index (χ0) is 20.8. The van der Waals surface area contributed by atoms with Gasteiger partial charge in [-0.15, -0.1) is 0 Å². The number of hydrogen-bond acceptors (Lipinski definition) is 5. The number of aromatic nitrogens is 3. The van der Waals surface area contributed by atoms with Gasteiger partial charge in [-0.2, -0.15) is 5.10 Å². The van der Waals surface area contributed by atoms with Crippen LogP contribution in [0.15, 0.2) is 73.2 Å². The van der Waals surface area contributed by atoms with E-state index in [0.29, 0.717) is 17.2 Å². The van der Waals surface area contributed by atoms with Crippen molar-refractivity contribution in [1.29, 1.82) is 0 Å². The Morgan fingerprint density at radius 1 is 1.10 bits per heavy atom. The minimum atomic E-state index is -0.785. The van der Waals surface area contributed by atoms with E-state index in [-0.39, 0.29) is 25.7 Å². The van der Waals surface area contributed by atoms with Crippen molar-refractivity contribution < 1.29 is 19.4 Å². The van der Waals surface area contributed by atoms with E-state index in [1.54, 1.807) is 47.4 Å². The highest BCUT2D eigenvalue weighted by molar-refractivity contribution is 5.90. The smallest absolute Gasteiger partial charge is 0.246 e. The topological polar surface area (TPSA) is 101 Å². The van der Waals surface area contributed by atoms with Crippen LogP contribution in [-0.2, 0) is 11.3 Å². The van der Waals surface area contributed by atoms with E-state index in [1.165, 1.54) is 0 Å². The lowest BCUT2D eigenvalue weighted by Gasteiger charge is -2.14. The Kier molecular flexibility index (Phi) is 5.95. The molecule has 1 amide bonds. The molecule has 2 aromatic heterocycles. The molecular weight excluding hydrogens is 384 g/mol. The standard InChI is InChI=1S/C22H22N4O4/c27-17(15-30-21-4-1-3-20-19(21)9-11-23-20)14-29-18-7-5-16(6-8-18)25-22(28)13-26-12-2-10-24-26/h1-12,17,23,27H,13-15H2,(H,25,28). The summed E-state index contributed by atoms with van der Waals surface area (Å²) in [5, 5.41) is 17.9. The number of nitrogens with one attached hydrogen (secondary N) is 2. The Balaban J connectivity index is 1.22. The van der Waals surface area contributed by atoms with Crippen molar-refractivity contribution in [2.24, 2.45) is 0 Å². The molecule has 0 saturated carbocycles. The second-order valence-corrected chi connectivity index (χ2v) is 6.75. The molecule has 0 spiro atoms. The number of aliphatic hydroxyl groups is 1. The average molecular weight is 406 g/mol. The van der Waals surface area contributed by atoms with E-state index >= 15 is 0 Å². The van der Waals surface area contributed by atoms with Crippen LogP contribution in [0.3, 0.4) is 0 Å². The summed E-state index contributed by atoms with van der Waals surface area (Å²) in [6.45, 7) is 0.355. The highest BCUT2D eigenvalue weighted by atomic mass is 16.5. The maximum atomic E-state index is 12.0. The number of anilines is 1. The normalized spacial score (nSPS) is 11.9. The first-order valence-corrected chi connectivity index (χ1v) is 9.54. The van der Waals surface area contributed by atoms with E-state index < -0.39 is 6.10 Å².